The van der Waals surface area contributed by atoms with Crippen LogP contribution in [0.25, 0.3) is 10.8 Å². The molecule has 1 atom stereocenters. The zero-order valence-corrected chi connectivity index (χ0v) is 11.7. The van der Waals surface area contributed by atoms with Gasteiger partial charge in [-0.15, -0.1) is 11.3 Å². The van der Waals surface area contributed by atoms with Crippen LogP contribution in [0.15, 0.2) is 36.7 Å². The minimum atomic E-state index is -0.140. The summed E-state index contributed by atoms with van der Waals surface area (Å²) in [6.45, 7) is 4.03. The molecule has 0 aliphatic heterocycles. The number of pyridine rings is 1. The van der Waals surface area contributed by atoms with Crippen molar-refractivity contribution in [2.24, 2.45) is 5.73 Å². The van der Waals surface area contributed by atoms with Crippen LogP contribution in [-0.2, 0) is 0 Å². The zero-order chi connectivity index (χ0) is 13.4. The third kappa shape index (κ3) is 2.13. The number of aromatic nitrogens is 2. The predicted octanol–water partition coefficient (Wildman–Crippen LogP) is 3.36. The lowest BCUT2D eigenvalue weighted by molar-refractivity contribution is 0.885. The van der Waals surface area contributed by atoms with Crippen molar-refractivity contribution in [1.29, 1.82) is 0 Å². The molecule has 2 aromatic heterocycles. The fourth-order valence-corrected chi connectivity index (χ4v) is 3.33. The average molecular weight is 269 g/mol. The molecule has 0 radical (unpaired) electrons. The maximum atomic E-state index is 6.44. The van der Waals surface area contributed by atoms with Crippen LogP contribution in [0, 0.1) is 13.8 Å². The van der Waals surface area contributed by atoms with Crippen LogP contribution in [0.2, 0.25) is 0 Å². The Morgan fingerprint density at radius 1 is 1.21 bits per heavy atom. The Kier molecular flexibility index (Phi) is 3.05. The Balaban J connectivity index is 2.16. The van der Waals surface area contributed by atoms with Crippen LogP contribution in [0.4, 0.5) is 0 Å². The fourth-order valence-electron chi connectivity index (χ4n) is 2.39. The lowest BCUT2D eigenvalue weighted by Gasteiger charge is -2.13. The maximum absolute atomic E-state index is 6.44. The van der Waals surface area contributed by atoms with Crippen LogP contribution >= 0.6 is 11.3 Å². The van der Waals surface area contributed by atoms with Crippen LogP contribution in [-0.4, -0.2) is 9.97 Å². The highest BCUT2D eigenvalue weighted by Gasteiger charge is 2.17. The van der Waals surface area contributed by atoms with Gasteiger partial charge in [0.2, 0.25) is 0 Å². The van der Waals surface area contributed by atoms with E-state index in [0.717, 1.165) is 26.5 Å². The Morgan fingerprint density at radius 2 is 2.05 bits per heavy atom. The van der Waals surface area contributed by atoms with Crippen molar-refractivity contribution in [3.05, 3.63) is 57.8 Å². The van der Waals surface area contributed by atoms with Gasteiger partial charge in [-0.2, -0.15) is 0 Å². The Labute approximate surface area is 116 Å². The third-order valence-corrected chi connectivity index (χ3v) is 4.43. The summed E-state index contributed by atoms with van der Waals surface area (Å²) >= 11 is 1.67. The first-order chi connectivity index (χ1) is 9.16. The largest absolute Gasteiger partial charge is 0.320 e. The average Bonchev–Trinajstić information content (AvgIpc) is 2.76. The van der Waals surface area contributed by atoms with E-state index in [1.807, 2.05) is 32.2 Å². The van der Waals surface area contributed by atoms with Crippen molar-refractivity contribution in [2.75, 3.05) is 0 Å². The molecular weight excluding hydrogens is 254 g/mol. The molecule has 19 heavy (non-hydrogen) atoms. The predicted molar refractivity (Wildman–Crippen MR) is 79.4 cm³/mol. The Morgan fingerprint density at radius 3 is 2.79 bits per heavy atom. The van der Waals surface area contributed by atoms with Crippen LogP contribution in [0.3, 0.4) is 0 Å². The van der Waals surface area contributed by atoms with Crippen molar-refractivity contribution in [1.82, 2.24) is 9.97 Å². The van der Waals surface area contributed by atoms with Gasteiger partial charge in [0, 0.05) is 22.7 Å². The molecule has 3 nitrogen and oxygen atoms in total. The van der Waals surface area contributed by atoms with Crippen molar-refractivity contribution >= 4 is 22.1 Å². The second-order valence-electron chi connectivity index (χ2n) is 4.60. The summed E-state index contributed by atoms with van der Waals surface area (Å²) in [6, 6.07) is 8.07. The molecule has 0 fully saturated rings. The number of thiazole rings is 1. The van der Waals surface area contributed by atoms with E-state index in [-0.39, 0.29) is 6.04 Å². The molecule has 4 heteroatoms. The van der Waals surface area contributed by atoms with Gasteiger partial charge in [-0.3, -0.25) is 4.98 Å². The highest BCUT2D eigenvalue weighted by atomic mass is 32.1. The van der Waals surface area contributed by atoms with E-state index in [1.165, 1.54) is 5.39 Å². The van der Waals surface area contributed by atoms with Gasteiger partial charge in [0.25, 0.3) is 0 Å². The second kappa shape index (κ2) is 4.72. The van der Waals surface area contributed by atoms with Gasteiger partial charge in [0.15, 0.2) is 0 Å². The monoisotopic (exact) mass is 269 g/mol. The van der Waals surface area contributed by atoms with Gasteiger partial charge in [0.05, 0.1) is 16.7 Å². The molecule has 0 aliphatic rings. The van der Waals surface area contributed by atoms with Gasteiger partial charge in [-0.05, 0) is 30.9 Å². The first-order valence-corrected chi connectivity index (χ1v) is 7.00. The molecule has 0 amide bonds. The number of aryl methyl sites for hydroxylation is 2. The molecule has 3 rings (SSSR count). The molecule has 0 aliphatic carbocycles. The first-order valence-electron chi connectivity index (χ1n) is 6.19. The second-order valence-corrected chi connectivity index (χ2v) is 5.84. The topological polar surface area (TPSA) is 51.8 Å². The Bertz CT molecular complexity index is 728. The molecule has 0 saturated carbocycles. The highest BCUT2D eigenvalue weighted by Crippen LogP contribution is 2.31. The van der Waals surface area contributed by atoms with Crippen molar-refractivity contribution in [3.8, 4) is 0 Å². The summed E-state index contributed by atoms with van der Waals surface area (Å²) in [5.41, 5.74) is 8.57. The molecule has 0 spiro atoms. The molecular formula is C15H15N3S. The number of nitrogens with zero attached hydrogens (tertiary/aromatic N) is 2. The van der Waals surface area contributed by atoms with E-state index in [2.05, 4.69) is 22.1 Å². The lowest BCUT2D eigenvalue weighted by atomic mass is 9.99. The molecule has 1 unspecified atom stereocenters. The van der Waals surface area contributed by atoms with Gasteiger partial charge < -0.3 is 5.73 Å². The maximum Gasteiger partial charge on any atom is 0.0900 e. The summed E-state index contributed by atoms with van der Waals surface area (Å²) < 4.78 is 0. The Hall–Kier alpha value is -1.78. The number of hydrogen-bond acceptors (Lipinski definition) is 4. The van der Waals surface area contributed by atoms with Gasteiger partial charge in [0.1, 0.15) is 0 Å². The molecule has 2 heterocycles. The zero-order valence-electron chi connectivity index (χ0n) is 10.9. The molecule has 2 N–H and O–H groups in total. The van der Waals surface area contributed by atoms with E-state index in [1.54, 1.807) is 17.5 Å². The normalized spacial score (nSPS) is 12.8. The minimum Gasteiger partial charge on any atom is -0.320 e. The molecule has 96 valence electrons. The van der Waals surface area contributed by atoms with E-state index >= 15 is 0 Å². The van der Waals surface area contributed by atoms with Gasteiger partial charge >= 0.3 is 0 Å². The summed E-state index contributed by atoms with van der Waals surface area (Å²) in [5.74, 6) is 0. The molecule has 1 aromatic carbocycles. The smallest absolute Gasteiger partial charge is 0.0900 e. The first kappa shape index (κ1) is 12.3. The summed E-state index contributed by atoms with van der Waals surface area (Å²) in [6.07, 6.45) is 3.69. The number of rotatable bonds is 2. The molecule has 0 saturated heterocycles. The number of nitrogens with two attached hydrogens (primary N) is 1. The third-order valence-electron chi connectivity index (χ3n) is 3.27. The van der Waals surface area contributed by atoms with Crippen LogP contribution < -0.4 is 5.73 Å². The standard InChI is InChI=1S/C15H15N3S/c1-9-15(19-10(2)18-9)14(16)12-5-3-4-11-6-7-17-8-13(11)12/h3-8,14H,16H2,1-2H3. The van der Waals surface area contributed by atoms with Crippen molar-refractivity contribution in [3.63, 3.8) is 0 Å². The van der Waals surface area contributed by atoms with Gasteiger partial charge in [-0.1, -0.05) is 18.2 Å². The molecule has 0 bridgehead atoms. The van der Waals surface area contributed by atoms with Gasteiger partial charge in [-0.25, -0.2) is 4.98 Å². The number of hydrogen-bond donors (Lipinski definition) is 1. The molecule has 3 aromatic rings. The quantitative estimate of drug-likeness (QED) is 0.776. The number of fused-ring (bicyclic) bond motifs is 1. The summed E-state index contributed by atoms with van der Waals surface area (Å²) in [4.78, 5) is 9.80. The minimum absolute atomic E-state index is 0.140. The SMILES string of the molecule is Cc1nc(C)c(C(N)c2cccc3ccncc23)s1. The van der Waals surface area contributed by atoms with E-state index < -0.39 is 0 Å². The summed E-state index contributed by atoms with van der Waals surface area (Å²) in [7, 11) is 0. The van der Waals surface area contributed by atoms with Crippen molar-refractivity contribution in [2.45, 2.75) is 19.9 Å². The summed E-state index contributed by atoms with van der Waals surface area (Å²) in [5, 5.41) is 3.34. The van der Waals surface area contributed by atoms with E-state index in [0.29, 0.717) is 0 Å². The van der Waals surface area contributed by atoms with Crippen molar-refractivity contribution < 1.29 is 0 Å². The fraction of sp³-hybridized carbons (Fsp3) is 0.200. The number of benzene rings is 1. The van der Waals surface area contributed by atoms with Crippen LogP contribution in [0.1, 0.15) is 27.2 Å². The van der Waals surface area contributed by atoms with E-state index in [9.17, 15) is 0 Å². The lowest BCUT2D eigenvalue weighted by Crippen LogP contribution is -2.12. The van der Waals surface area contributed by atoms with Crippen LogP contribution in [0.5, 0.6) is 0 Å². The highest BCUT2D eigenvalue weighted by molar-refractivity contribution is 7.11. The van der Waals surface area contributed by atoms with E-state index in [4.69, 9.17) is 5.73 Å².